The van der Waals surface area contributed by atoms with Crippen LogP contribution in [0.1, 0.15) is 23.4 Å². The molecule has 2 aromatic carbocycles. The highest BCUT2D eigenvalue weighted by molar-refractivity contribution is 9.11. The second-order valence-electron chi connectivity index (χ2n) is 7.77. The Morgan fingerprint density at radius 2 is 1.97 bits per heavy atom. The van der Waals surface area contributed by atoms with Gasteiger partial charge in [0.25, 0.3) is 5.91 Å². The topological polar surface area (TPSA) is 47.9 Å². The standard InChI is InChI=1S/C23H19BrCl2N4OS/c1-13-21(23(31)28-29-11-10-14-4-2-3-5-17(14)29)27-30(18-7-6-15(25)12-16(18)26)22(13)19-8-9-20(24)32-19/h2-9,12-13,22H,10-11H2,1H3,(H,28,31). The zero-order valence-corrected chi connectivity index (χ0v) is 21.0. The Labute approximate surface area is 208 Å². The highest BCUT2D eigenvalue weighted by Crippen LogP contribution is 2.45. The number of thiophene rings is 1. The lowest BCUT2D eigenvalue weighted by atomic mass is 9.95. The highest BCUT2D eigenvalue weighted by atomic mass is 79.9. The lowest BCUT2D eigenvalue weighted by Gasteiger charge is -2.26. The van der Waals surface area contributed by atoms with Gasteiger partial charge in [-0.2, -0.15) is 5.10 Å². The molecule has 32 heavy (non-hydrogen) atoms. The van der Waals surface area contributed by atoms with E-state index in [1.54, 1.807) is 23.5 Å². The molecule has 1 aromatic heterocycles. The number of para-hydroxylation sites is 1. The predicted molar refractivity (Wildman–Crippen MR) is 136 cm³/mol. The van der Waals surface area contributed by atoms with E-state index in [4.69, 9.17) is 28.3 Å². The average Bonchev–Trinajstić information content (AvgIpc) is 3.45. The Hall–Kier alpha value is -2.06. The van der Waals surface area contributed by atoms with E-state index in [1.807, 2.05) is 47.3 Å². The lowest BCUT2D eigenvalue weighted by Crippen LogP contribution is -2.45. The molecule has 3 heterocycles. The van der Waals surface area contributed by atoms with E-state index in [-0.39, 0.29) is 17.9 Å². The number of carbonyl (C=O) groups is 1. The van der Waals surface area contributed by atoms with Crippen LogP contribution in [0, 0.1) is 5.92 Å². The first-order valence-corrected chi connectivity index (χ1v) is 12.5. The first kappa shape index (κ1) is 21.8. The molecular weight excluding hydrogens is 531 g/mol. The fourth-order valence-electron chi connectivity index (χ4n) is 4.24. The van der Waals surface area contributed by atoms with Crippen molar-refractivity contribution in [3.05, 3.63) is 78.9 Å². The number of hydrogen-bond acceptors (Lipinski definition) is 5. The molecule has 2 aliphatic rings. The molecule has 2 atom stereocenters. The number of hydrogen-bond donors (Lipinski definition) is 1. The number of carbonyl (C=O) groups excluding carboxylic acids is 1. The van der Waals surface area contributed by atoms with Crippen LogP contribution in [0.15, 0.2) is 63.5 Å². The summed E-state index contributed by atoms with van der Waals surface area (Å²) in [5.74, 6) is -0.354. The first-order valence-electron chi connectivity index (χ1n) is 10.2. The third-order valence-corrected chi connectivity index (χ3v) is 8.01. The second-order valence-corrected chi connectivity index (χ2v) is 11.1. The number of rotatable bonds is 4. The van der Waals surface area contributed by atoms with Gasteiger partial charge in [0.05, 0.1) is 26.2 Å². The summed E-state index contributed by atoms with van der Waals surface area (Å²) in [4.78, 5) is 14.4. The molecule has 2 aliphatic heterocycles. The number of nitrogens with one attached hydrogen (secondary N) is 1. The number of amides is 1. The van der Waals surface area contributed by atoms with Gasteiger partial charge in [-0.25, -0.2) is 0 Å². The summed E-state index contributed by atoms with van der Waals surface area (Å²) < 4.78 is 1.02. The molecule has 0 saturated heterocycles. The van der Waals surface area contributed by atoms with E-state index in [1.165, 1.54) is 5.56 Å². The fraction of sp³-hybridized carbons (Fsp3) is 0.217. The molecule has 0 fully saturated rings. The van der Waals surface area contributed by atoms with Crippen LogP contribution >= 0.6 is 50.5 Å². The van der Waals surface area contributed by atoms with Gasteiger partial charge >= 0.3 is 0 Å². The summed E-state index contributed by atoms with van der Waals surface area (Å²) in [6.45, 7) is 2.76. The quantitative estimate of drug-likeness (QED) is 0.406. The van der Waals surface area contributed by atoms with E-state index in [9.17, 15) is 4.79 Å². The van der Waals surface area contributed by atoms with Gasteiger partial charge < -0.3 is 0 Å². The maximum absolute atomic E-state index is 13.3. The number of anilines is 2. The predicted octanol–water partition coefficient (Wildman–Crippen LogP) is 6.46. The van der Waals surface area contributed by atoms with Crippen LogP contribution in [0.5, 0.6) is 0 Å². The molecule has 3 aromatic rings. The van der Waals surface area contributed by atoms with Crippen molar-refractivity contribution >= 4 is 73.5 Å². The van der Waals surface area contributed by atoms with Gasteiger partial charge in [-0.15, -0.1) is 11.3 Å². The third kappa shape index (κ3) is 3.92. The maximum Gasteiger partial charge on any atom is 0.286 e. The molecule has 1 N–H and O–H groups in total. The van der Waals surface area contributed by atoms with Crippen molar-refractivity contribution in [2.45, 2.75) is 19.4 Å². The van der Waals surface area contributed by atoms with Crippen LogP contribution in [0.3, 0.4) is 0 Å². The van der Waals surface area contributed by atoms with Gasteiger partial charge in [0.1, 0.15) is 5.71 Å². The SMILES string of the molecule is CC1C(C(=O)NN2CCc3ccccc32)=NN(c2ccc(Cl)cc2Cl)C1c1ccc(Br)s1. The van der Waals surface area contributed by atoms with Crippen LogP contribution in [0.2, 0.25) is 10.0 Å². The van der Waals surface area contributed by atoms with Gasteiger partial charge in [-0.3, -0.25) is 20.2 Å². The molecule has 9 heteroatoms. The van der Waals surface area contributed by atoms with E-state index in [0.717, 1.165) is 27.3 Å². The van der Waals surface area contributed by atoms with Crippen LogP contribution in [-0.4, -0.2) is 18.2 Å². The van der Waals surface area contributed by atoms with E-state index in [0.29, 0.717) is 21.4 Å². The maximum atomic E-state index is 13.3. The van der Waals surface area contributed by atoms with Gasteiger partial charge in [0.15, 0.2) is 0 Å². The molecule has 5 nitrogen and oxygen atoms in total. The Bertz CT molecular complexity index is 1230. The number of nitrogens with zero attached hydrogens (tertiary/aromatic N) is 3. The summed E-state index contributed by atoms with van der Waals surface area (Å²) in [5.41, 5.74) is 6.50. The Morgan fingerprint density at radius 3 is 2.72 bits per heavy atom. The number of hydrazine groups is 1. The molecule has 0 spiro atoms. The molecular formula is C23H19BrCl2N4OS. The molecule has 0 bridgehead atoms. The first-order chi connectivity index (χ1) is 15.4. The van der Waals surface area contributed by atoms with Gasteiger partial charge in [-0.05, 0) is 64.3 Å². The Balaban J connectivity index is 1.48. The highest BCUT2D eigenvalue weighted by Gasteiger charge is 2.41. The van der Waals surface area contributed by atoms with Crippen molar-refractivity contribution in [1.82, 2.24) is 5.43 Å². The molecule has 2 unspecified atom stereocenters. The van der Waals surface area contributed by atoms with Crippen LogP contribution < -0.4 is 15.4 Å². The van der Waals surface area contributed by atoms with Crippen molar-refractivity contribution in [3.63, 3.8) is 0 Å². The normalized spacial score (nSPS) is 19.8. The van der Waals surface area contributed by atoms with Crippen molar-refractivity contribution in [2.24, 2.45) is 11.0 Å². The number of hydrazone groups is 1. The van der Waals surface area contributed by atoms with E-state index in [2.05, 4.69) is 33.5 Å². The molecule has 164 valence electrons. The zero-order chi connectivity index (χ0) is 22.4. The average molecular weight is 550 g/mol. The van der Waals surface area contributed by atoms with Crippen molar-refractivity contribution < 1.29 is 4.79 Å². The van der Waals surface area contributed by atoms with Gasteiger partial charge in [0.2, 0.25) is 0 Å². The number of benzene rings is 2. The minimum absolute atomic E-state index is 0.148. The van der Waals surface area contributed by atoms with Crippen molar-refractivity contribution in [1.29, 1.82) is 0 Å². The summed E-state index contributed by atoms with van der Waals surface area (Å²) in [5, 5.41) is 9.56. The minimum Gasteiger partial charge on any atom is -0.285 e. The Morgan fingerprint density at radius 1 is 1.16 bits per heavy atom. The van der Waals surface area contributed by atoms with Gasteiger partial charge in [0, 0.05) is 22.4 Å². The van der Waals surface area contributed by atoms with Crippen LogP contribution in [0.25, 0.3) is 0 Å². The molecule has 1 amide bonds. The van der Waals surface area contributed by atoms with Crippen molar-refractivity contribution in [2.75, 3.05) is 16.6 Å². The summed E-state index contributed by atoms with van der Waals surface area (Å²) in [6.07, 6.45) is 0.900. The monoisotopic (exact) mass is 548 g/mol. The number of halogens is 3. The summed E-state index contributed by atoms with van der Waals surface area (Å²) in [7, 11) is 0. The fourth-order valence-corrected chi connectivity index (χ4v) is 6.35. The molecule has 0 saturated carbocycles. The Kier molecular flexibility index (Phi) is 5.92. The molecule has 5 rings (SSSR count). The second kappa shape index (κ2) is 8.71. The van der Waals surface area contributed by atoms with E-state index < -0.39 is 0 Å². The van der Waals surface area contributed by atoms with Gasteiger partial charge in [-0.1, -0.05) is 48.3 Å². The third-order valence-electron chi connectivity index (χ3n) is 5.78. The smallest absolute Gasteiger partial charge is 0.285 e. The largest absolute Gasteiger partial charge is 0.286 e. The molecule has 0 radical (unpaired) electrons. The van der Waals surface area contributed by atoms with Crippen molar-refractivity contribution in [3.8, 4) is 0 Å². The number of fused-ring (bicyclic) bond motifs is 1. The zero-order valence-electron chi connectivity index (χ0n) is 17.1. The van der Waals surface area contributed by atoms with E-state index >= 15 is 0 Å². The molecule has 0 aliphatic carbocycles. The minimum atomic E-state index is -0.206. The summed E-state index contributed by atoms with van der Waals surface area (Å²) in [6, 6.07) is 17.3. The van der Waals surface area contributed by atoms with Crippen LogP contribution in [0.4, 0.5) is 11.4 Å². The summed E-state index contributed by atoms with van der Waals surface area (Å²) >= 11 is 17.8. The lowest BCUT2D eigenvalue weighted by molar-refractivity contribution is -0.115. The van der Waals surface area contributed by atoms with Crippen LogP contribution in [-0.2, 0) is 11.2 Å².